The molecular weight excluding hydrogens is 347 g/mol. The number of halogens is 3. The molecule has 4 heteroatoms. The molecule has 136 valence electrons. The van der Waals surface area contributed by atoms with Crippen LogP contribution in [0.2, 0.25) is 0 Å². The van der Waals surface area contributed by atoms with Crippen LogP contribution in [0.15, 0.2) is 78.0 Å². The maximum absolute atomic E-state index is 12.7. The van der Waals surface area contributed by atoms with Gasteiger partial charge in [-0.1, -0.05) is 42.5 Å². The van der Waals surface area contributed by atoms with Gasteiger partial charge in [-0.25, -0.2) is 0 Å². The van der Waals surface area contributed by atoms with Crippen molar-refractivity contribution in [3.8, 4) is 0 Å². The minimum atomic E-state index is -4.30. The molecule has 4 rings (SSSR count). The van der Waals surface area contributed by atoms with Crippen LogP contribution in [-0.2, 0) is 12.6 Å². The second-order valence-electron chi connectivity index (χ2n) is 6.79. The molecule has 0 N–H and O–H groups in total. The molecule has 1 aliphatic rings. The van der Waals surface area contributed by atoms with Crippen molar-refractivity contribution in [2.75, 3.05) is 0 Å². The van der Waals surface area contributed by atoms with Crippen LogP contribution < -0.4 is 0 Å². The van der Waals surface area contributed by atoms with Gasteiger partial charge in [0.1, 0.15) is 0 Å². The van der Waals surface area contributed by atoms with Crippen molar-refractivity contribution in [3.05, 3.63) is 94.7 Å². The first-order chi connectivity index (χ1) is 12.9. The lowest BCUT2D eigenvalue weighted by Crippen LogP contribution is -2.04. The third-order valence-corrected chi connectivity index (χ3v) is 5.12. The molecule has 0 atom stereocenters. The zero-order chi connectivity index (χ0) is 19.0. The van der Waals surface area contributed by atoms with E-state index in [-0.39, 0.29) is 0 Å². The van der Waals surface area contributed by atoms with Crippen molar-refractivity contribution >= 4 is 16.5 Å². The highest BCUT2D eigenvalue weighted by molar-refractivity contribution is 5.93. The molecule has 0 bridgehead atoms. The van der Waals surface area contributed by atoms with Crippen LogP contribution in [0.4, 0.5) is 13.2 Å². The van der Waals surface area contributed by atoms with Crippen LogP contribution in [0.1, 0.15) is 30.0 Å². The summed E-state index contributed by atoms with van der Waals surface area (Å²) in [5, 5.41) is 1.10. The molecule has 3 aromatic rings. The maximum atomic E-state index is 12.7. The average Bonchev–Trinajstić information content (AvgIpc) is 3.01. The van der Waals surface area contributed by atoms with Gasteiger partial charge >= 0.3 is 6.18 Å². The van der Waals surface area contributed by atoms with E-state index < -0.39 is 11.7 Å². The quantitative estimate of drug-likeness (QED) is 0.509. The van der Waals surface area contributed by atoms with Gasteiger partial charge in [0.25, 0.3) is 0 Å². The van der Waals surface area contributed by atoms with Crippen molar-refractivity contribution in [1.29, 1.82) is 0 Å². The fourth-order valence-electron chi connectivity index (χ4n) is 3.62. The van der Waals surface area contributed by atoms with Crippen molar-refractivity contribution in [2.45, 2.75) is 25.9 Å². The molecule has 0 radical (unpaired) electrons. The lowest BCUT2D eigenvalue weighted by molar-refractivity contribution is -0.137. The molecule has 0 fully saturated rings. The Bertz CT molecular complexity index is 1050. The molecule has 1 heterocycles. The highest BCUT2D eigenvalue weighted by atomic mass is 19.4. The van der Waals surface area contributed by atoms with Gasteiger partial charge in [0.05, 0.1) is 11.1 Å². The molecule has 0 amide bonds. The maximum Gasteiger partial charge on any atom is 0.416 e. The standard InChI is InChI=1S/C23H18F3N/c1-15-18(14-16-7-10-19(11-8-16)23(24,25)26)9-12-20(15)21-6-2-4-17-5-3-13-27-22(17)21/h2-11,13H,12,14H2,1H3. The normalized spacial score (nSPS) is 14.7. The van der Waals surface area contributed by atoms with E-state index in [0.717, 1.165) is 46.2 Å². The zero-order valence-electron chi connectivity index (χ0n) is 14.8. The Hall–Kier alpha value is -2.88. The van der Waals surface area contributed by atoms with Crippen LogP contribution in [0.5, 0.6) is 0 Å². The molecule has 1 aliphatic carbocycles. The molecule has 2 aromatic carbocycles. The minimum Gasteiger partial charge on any atom is -0.256 e. The van der Waals surface area contributed by atoms with Crippen molar-refractivity contribution < 1.29 is 13.2 Å². The van der Waals surface area contributed by atoms with Crippen LogP contribution in [0, 0.1) is 0 Å². The first-order valence-corrected chi connectivity index (χ1v) is 8.83. The van der Waals surface area contributed by atoms with Gasteiger partial charge in [0.2, 0.25) is 0 Å². The Morgan fingerprint density at radius 2 is 1.70 bits per heavy atom. The van der Waals surface area contributed by atoms with Crippen LogP contribution in [-0.4, -0.2) is 4.98 Å². The van der Waals surface area contributed by atoms with E-state index in [1.54, 1.807) is 18.3 Å². The number of alkyl halides is 3. The molecule has 1 nitrogen and oxygen atoms in total. The van der Waals surface area contributed by atoms with Gasteiger partial charge < -0.3 is 0 Å². The van der Waals surface area contributed by atoms with Gasteiger partial charge in [0, 0.05) is 17.1 Å². The molecule has 0 unspecified atom stereocenters. The Morgan fingerprint density at radius 1 is 0.963 bits per heavy atom. The minimum absolute atomic E-state index is 0.610. The predicted molar refractivity (Wildman–Crippen MR) is 102 cm³/mol. The number of nitrogens with zero attached hydrogens (tertiary/aromatic N) is 1. The Kier molecular flexibility index (Phi) is 4.34. The van der Waals surface area contributed by atoms with E-state index in [1.807, 2.05) is 24.3 Å². The van der Waals surface area contributed by atoms with Crippen molar-refractivity contribution in [2.24, 2.45) is 0 Å². The summed E-state index contributed by atoms with van der Waals surface area (Å²) in [6.45, 7) is 2.08. The zero-order valence-corrected chi connectivity index (χ0v) is 14.8. The summed E-state index contributed by atoms with van der Waals surface area (Å²) < 4.78 is 38.2. The van der Waals surface area contributed by atoms with Gasteiger partial charge in [-0.3, -0.25) is 4.98 Å². The Labute approximate surface area is 155 Å². The SMILES string of the molecule is CC1=C(c2cccc3cccnc23)CC=C1Cc1ccc(C(F)(F)F)cc1. The number of pyridine rings is 1. The fourth-order valence-corrected chi connectivity index (χ4v) is 3.62. The largest absolute Gasteiger partial charge is 0.416 e. The molecule has 27 heavy (non-hydrogen) atoms. The van der Waals surface area contributed by atoms with Gasteiger partial charge in [-0.05, 0) is 60.2 Å². The Morgan fingerprint density at radius 3 is 2.44 bits per heavy atom. The molecule has 1 aromatic heterocycles. The average molecular weight is 365 g/mol. The van der Waals surface area contributed by atoms with E-state index in [4.69, 9.17) is 0 Å². The lowest BCUT2D eigenvalue weighted by Gasteiger charge is -2.11. The first kappa shape index (κ1) is 17.5. The monoisotopic (exact) mass is 365 g/mol. The van der Waals surface area contributed by atoms with Gasteiger partial charge in [-0.2, -0.15) is 13.2 Å². The van der Waals surface area contributed by atoms with Crippen molar-refractivity contribution in [1.82, 2.24) is 4.98 Å². The third-order valence-electron chi connectivity index (χ3n) is 5.12. The molecule has 0 saturated heterocycles. The number of allylic oxidation sites excluding steroid dienone is 4. The number of benzene rings is 2. The summed E-state index contributed by atoms with van der Waals surface area (Å²) in [6.07, 6.45) is 1.12. The fraction of sp³-hybridized carbons (Fsp3) is 0.174. The number of hydrogen-bond acceptors (Lipinski definition) is 1. The molecule has 0 saturated carbocycles. The van der Waals surface area contributed by atoms with Crippen molar-refractivity contribution in [3.63, 3.8) is 0 Å². The molecule has 0 spiro atoms. The van der Waals surface area contributed by atoms with Crippen LogP contribution in [0.25, 0.3) is 16.5 Å². The third kappa shape index (κ3) is 3.39. The number of para-hydroxylation sites is 1. The second kappa shape index (κ2) is 6.69. The van der Waals surface area contributed by atoms with E-state index in [0.29, 0.717) is 6.42 Å². The topological polar surface area (TPSA) is 12.9 Å². The Balaban J connectivity index is 1.62. The molecular formula is C23H18F3N. The number of rotatable bonds is 3. The summed E-state index contributed by atoms with van der Waals surface area (Å²) in [5.74, 6) is 0. The summed E-state index contributed by atoms with van der Waals surface area (Å²) in [5.41, 5.74) is 5.97. The summed E-state index contributed by atoms with van der Waals surface area (Å²) in [6, 6.07) is 15.6. The summed E-state index contributed by atoms with van der Waals surface area (Å²) in [4.78, 5) is 4.54. The summed E-state index contributed by atoms with van der Waals surface area (Å²) >= 11 is 0. The van der Waals surface area contributed by atoms with Crippen LogP contribution in [0.3, 0.4) is 0 Å². The highest BCUT2D eigenvalue weighted by Gasteiger charge is 2.30. The number of fused-ring (bicyclic) bond motifs is 1. The highest BCUT2D eigenvalue weighted by Crippen LogP contribution is 2.37. The first-order valence-electron chi connectivity index (χ1n) is 8.83. The van der Waals surface area contributed by atoms with Gasteiger partial charge in [0.15, 0.2) is 0 Å². The van der Waals surface area contributed by atoms with E-state index in [2.05, 4.69) is 24.1 Å². The number of aromatic nitrogens is 1. The van der Waals surface area contributed by atoms with E-state index in [9.17, 15) is 13.2 Å². The van der Waals surface area contributed by atoms with E-state index in [1.165, 1.54) is 11.1 Å². The van der Waals surface area contributed by atoms with E-state index >= 15 is 0 Å². The van der Waals surface area contributed by atoms with Crippen LogP contribution >= 0.6 is 0 Å². The number of hydrogen-bond donors (Lipinski definition) is 0. The second-order valence-corrected chi connectivity index (χ2v) is 6.79. The van der Waals surface area contributed by atoms with Gasteiger partial charge in [-0.15, -0.1) is 0 Å². The molecule has 0 aliphatic heterocycles. The smallest absolute Gasteiger partial charge is 0.256 e. The lowest BCUT2D eigenvalue weighted by atomic mass is 9.95. The predicted octanol–water partition coefficient (Wildman–Crippen LogP) is 6.60. The summed E-state index contributed by atoms with van der Waals surface area (Å²) in [7, 11) is 0.